The van der Waals surface area contributed by atoms with Gasteiger partial charge in [-0.1, -0.05) is 30.0 Å². The molecule has 27 heavy (non-hydrogen) atoms. The zero-order valence-corrected chi connectivity index (χ0v) is 18.0. The van der Waals surface area contributed by atoms with Gasteiger partial charge in [0, 0.05) is 10.4 Å². The third-order valence-corrected chi connectivity index (χ3v) is 5.33. The van der Waals surface area contributed by atoms with Crippen LogP contribution >= 0.6 is 55.8 Å². The molecule has 0 atom stereocenters. The Hall–Kier alpha value is -1.36. The zero-order chi connectivity index (χ0) is 20.2. The number of phenols is 1. The van der Waals surface area contributed by atoms with E-state index in [1.807, 2.05) is 0 Å². The van der Waals surface area contributed by atoms with E-state index in [4.69, 9.17) is 12.2 Å². The highest BCUT2D eigenvalue weighted by Gasteiger charge is 2.30. The van der Waals surface area contributed by atoms with E-state index in [1.165, 1.54) is 22.9 Å². The van der Waals surface area contributed by atoms with Gasteiger partial charge in [-0.25, -0.2) is 0 Å². The number of thiocarbonyl (C=S) groups is 1. The fourth-order valence-electron chi connectivity index (χ4n) is 1.99. The molecular weight excluding hydrogens is 531 g/mol. The smallest absolute Gasteiger partial charge is 0.416 e. The van der Waals surface area contributed by atoms with Gasteiger partial charge in [0.05, 0.1) is 19.4 Å². The fraction of sp³-hybridized carbons (Fsp3) is 0.0588. The summed E-state index contributed by atoms with van der Waals surface area (Å²) in [6, 6.07) is 7.51. The van der Waals surface area contributed by atoms with Gasteiger partial charge in [0.2, 0.25) is 0 Å². The van der Waals surface area contributed by atoms with Crippen LogP contribution in [0, 0.1) is 0 Å². The van der Waals surface area contributed by atoms with Crippen LogP contribution in [0.4, 0.5) is 18.9 Å². The summed E-state index contributed by atoms with van der Waals surface area (Å²) >= 11 is 12.1. The van der Waals surface area contributed by atoms with Crippen LogP contribution in [0.15, 0.2) is 50.2 Å². The molecule has 0 saturated heterocycles. The summed E-state index contributed by atoms with van der Waals surface area (Å²) in [5.41, 5.74) is -0.274. The highest BCUT2D eigenvalue weighted by molar-refractivity contribution is 9.11. The first kappa shape index (κ1) is 21.9. The molecule has 142 valence electrons. The van der Waals surface area contributed by atoms with Crippen molar-refractivity contribution in [2.45, 2.75) is 6.18 Å². The maximum Gasteiger partial charge on any atom is 0.416 e. The second kappa shape index (κ2) is 9.22. The van der Waals surface area contributed by atoms with Gasteiger partial charge in [-0.05, 0) is 73.8 Å². The van der Waals surface area contributed by atoms with Gasteiger partial charge in [0.15, 0.2) is 0 Å². The van der Waals surface area contributed by atoms with Gasteiger partial charge in [0.1, 0.15) is 5.75 Å². The number of carbonyl (C=O) groups is 1. The number of aromatic hydroxyl groups is 1. The number of carbonyl (C=O) groups excluding carboxylic acids is 1. The van der Waals surface area contributed by atoms with Gasteiger partial charge in [-0.3, -0.25) is 4.79 Å². The lowest BCUT2D eigenvalue weighted by molar-refractivity contribution is -0.137. The zero-order valence-electron chi connectivity index (χ0n) is 13.2. The fourth-order valence-corrected chi connectivity index (χ4v) is 3.99. The molecule has 0 spiro atoms. The third-order valence-electron chi connectivity index (χ3n) is 3.18. The number of halogens is 5. The van der Waals surface area contributed by atoms with Crippen LogP contribution in [0.5, 0.6) is 5.75 Å². The van der Waals surface area contributed by atoms with Crippen molar-refractivity contribution in [2.24, 2.45) is 0 Å². The number of hydrogen-bond acceptors (Lipinski definition) is 4. The van der Waals surface area contributed by atoms with E-state index in [9.17, 15) is 23.1 Å². The summed E-state index contributed by atoms with van der Waals surface area (Å²) in [5.74, 6) is -0.606. The Kier molecular flexibility index (Phi) is 7.49. The Morgan fingerprint density at radius 2 is 1.81 bits per heavy atom. The second-order valence-electron chi connectivity index (χ2n) is 5.09. The molecule has 0 radical (unpaired) electrons. The monoisotopic (exact) mass is 539 g/mol. The van der Waals surface area contributed by atoms with Crippen molar-refractivity contribution in [1.29, 1.82) is 0 Å². The van der Waals surface area contributed by atoms with Gasteiger partial charge in [-0.15, -0.1) is 0 Å². The summed E-state index contributed by atoms with van der Waals surface area (Å²) in [6.07, 6.45) is -3.00. The van der Waals surface area contributed by atoms with Gasteiger partial charge in [-0.2, -0.15) is 13.2 Å². The molecule has 0 fully saturated rings. The van der Waals surface area contributed by atoms with E-state index in [2.05, 4.69) is 37.2 Å². The highest BCUT2D eigenvalue weighted by atomic mass is 79.9. The largest absolute Gasteiger partial charge is 0.506 e. The number of nitrogens with one attached hydrogen (secondary N) is 1. The molecule has 0 aromatic heterocycles. The van der Waals surface area contributed by atoms with E-state index >= 15 is 0 Å². The van der Waals surface area contributed by atoms with Crippen molar-refractivity contribution >= 4 is 78.2 Å². The molecule has 10 heteroatoms. The quantitative estimate of drug-likeness (QED) is 0.331. The van der Waals surface area contributed by atoms with Crippen LogP contribution in [0.3, 0.4) is 0 Å². The van der Waals surface area contributed by atoms with E-state index < -0.39 is 17.6 Å². The van der Waals surface area contributed by atoms with Crippen molar-refractivity contribution < 1.29 is 23.1 Å². The standard InChI is InChI=1S/C17H10Br2F3NO2S2/c18-12-4-9(5-13(19)15(12)24)6-14(27-8-26)16(25)23-11-3-1-2-10(7-11)17(20,21)22/h1-8,24H,(H,23,25)/b14-6-. The average molecular weight is 541 g/mol. The molecule has 2 N–H and O–H groups in total. The topological polar surface area (TPSA) is 49.3 Å². The Morgan fingerprint density at radius 1 is 1.19 bits per heavy atom. The molecular formula is C17H10Br2F3NO2S2. The summed E-state index contributed by atoms with van der Waals surface area (Å²) in [5, 5.41) is 12.2. The lowest BCUT2D eigenvalue weighted by Gasteiger charge is -2.11. The van der Waals surface area contributed by atoms with E-state index in [0.717, 1.165) is 23.9 Å². The normalized spacial score (nSPS) is 12.0. The summed E-state index contributed by atoms with van der Waals surface area (Å²) in [6.45, 7) is 0. The van der Waals surface area contributed by atoms with Crippen molar-refractivity contribution in [1.82, 2.24) is 0 Å². The first-order valence-corrected chi connectivity index (χ1v) is 10.0. The Labute approximate surface area is 179 Å². The molecule has 3 nitrogen and oxygen atoms in total. The molecule has 0 heterocycles. The van der Waals surface area contributed by atoms with Gasteiger partial charge in [0.25, 0.3) is 5.91 Å². The maximum absolute atomic E-state index is 12.8. The molecule has 0 bridgehead atoms. The summed E-state index contributed by atoms with van der Waals surface area (Å²) < 4.78 is 40.5. The SMILES string of the molecule is O=C(Nc1cccc(C(F)(F)F)c1)/C(=C/c1cc(Br)c(O)c(Br)c1)SC=S. The number of alkyl halides is 3. The first-order chi connectivity index (χ1) is 12.6. The number of rotatable bonds is 5. The van der Waals surface area contributed by atoms with E-state index in [0.29, 0.717) is 14.5 Å². The highest BCUT2D eigenvalue weighted by Crippen LogP contribution is 2.35. The van der Waals surface area contributed by atoms with Crippen LogP contribution in [-0.2, 0) is 11.0 Å². The molecule has 0 aliphatic heterocycles. The molecule has 2 rings (SSSR count). The van der Waals surface area contributed by atoms with Crippen LogP contribution in [0.25, 0.3) is 6.08 Å². The predicted molar refractivity (Wildman–Crippen MR) is 113 cm³/mol. The molecule has 2 aromatic rings. The minimum Gasteiger partial charge on any atom is -0.506 e. The van der Waals surface area contributed by atoms with E-state index in [1.54, 1.807) is 12.1 Å². The van der Waals surface area contributed by atoms with Crippen molar-refractivity contribution in [3.05, 3.63) is 61.4 Å². The van der Waals surface area contributed by atoms with Crippen LogP contribution < -0.4 is 5.32 Å². The van der Waals surface area contributed by atoms with Gasteiger partial charge < -0.3 is 10.4 Å². The number of phenolic OH excluding ortho intramolecular Hbond substituents is 1. The second-order valence-corrected chi connectivity index (χ2v) is 8.24. The predicted octanol–water partition coefficient (Wildman–Crippen LogP) is 6.61. The van der Waals surface area contributed by atoms with Crippen molar-refractivity contribution in [3.8, 4) is 5.75 Å². The minimum atomic E-state index is -4.51. The van der Waals surface area contributed by atoms with Crippen LogP contribution in [0.2, 0.25) is 0 Å². The van der Waals surface area contributed by atoms with Crippen LogP contribution in [-0.4, -0.2) is 15.7 Å². The number of hydrogen-bond donors (Lipinski definition) is 2. The molecule has 0 saturated carbocycles. The van der Waals surface area contributed by atoms with Crippen molar-refractivity contribution in [2.75, 3.05) is 5.32 Å². The summed E-state index contributed by atoms with van der Waals surface area (Å²) in [7, 11) is 0. The van der Waals surface area contributed by atoms with Crippen LogP contribution in [0.1, 0.15) is 11.1 Å². The molecule has 1 amide bonds. The van der Waals surface area contributed by atoms with Crippen molar-refractivity contribution in [3.63, 3.8) is 0 Å². The Balaban J connectivity index is 2.32. The molecule has 0 unspecified atom stereocenters. The number of thioether (sulfide) groups is 1. The summed E-state index contributed by atoms with van der Waals surface area (Å²) in [4.78, 5) is 12.7. The number of benzene rings is 2. The molecule has 0 aliphatic carbocycles. The Morgan fingerprint density at radius 3 is 2.37 bits per heavy atom. The average Bonchev–Trinajstić information content (AvgIpc) is 2.58. The van der Waals surface area contributed by atoms with Gasteiger partial charge >= 0.3 is 6.18 Å². The maximum atomic E-state index is 12.8. The first-order valence-electron chi connectivity index (χ1n) is 7.10. The lowest BCUT2D eigenvalue weighted by Crippen LogP contribution is -2.14. The van der Waals surface area contributed by atoms with E-state index in [-0.39, 0.29) is 16.3 Å². The number of amides is 1. The Bertz CT molecular complexity index is 894. The molecule has 0 aliphatic rings. The minimum absolute atomic E-state index is 0.00426. The lowest BCUT2D eigenvalue weighted by atomic mass is 10.2. The number of anilines is 1. The molecule has 2 aromatic carbocycles. The third kappa shape index (κ3) is 6.06.